The van der Waals surface area contributed by atoms with E-state index in [0.29, 0.717) is 11.8 Å². The molecule has 1 rings (SSSR count). The molecular formula is C8H6FIO. The highest BCUT2D eigenvalue weighted by atomic mass is 127. The molecule has 0 atom stereocenters. The van der Waals surface area contributed by atoms with Crippen LogP contribution in [0.3, 0.4) is 0 Å². The van der Waals surface area contributed by atoms with E-state index in [1.807, 2.05) is 22.6 Å². The number of rotatable bonds is 2. The van der Waals surface area contributed by atoms with Gasteiger partial charge in [-0.05, 0) is 40.3 Å². The summed E-state index contributed by atoms with van der Waals surface area (Å²) in [5.74, 6) is -0.302. The standard InChI is InChI=1S/C8H6FIO/c9-8-5-7(10)2-1-6(8)3-4-11/h1-2,4-5H,3H2. The lowest BCUT2D eigenvalue weighted by Gasteiger charge is -1.97. The molecule has 11 heavy (non-hydrogen) atoms. The molecule has 0 bridgehead atoms. The van der Waals surface area contributed by atoms with Gasteiger partial charge >= 0.3 is 0 Å². The number of benzene rings is 1. The quantitative estimate of drug-likeness (QED) is 0.591. The molecule has 0 aliphatic carbocycles. The average molecular weight is 264 g/mol. The molecule has 0 saturated carbocycles. The van der Waals surface area contributed by atoms with Crippen LogP contribution in [-0.4, -0.2) is 6.29 Å². The first-order chi connectivity index (χ1) is 5.24. The van der Waals surface area contributed by atoms with Gasteiger partial charge in [0.15, 0.2) is 0 Å². The Balaban J connectivity index is 2.98. The predicted octanol–water partition coefficient (Wildman–Crippen LogP) is 2.17. The molecule has 0 fully saturated rings. The molecule has 0 aromatic heterocycles. The molecular weight excluding hydrogens is 258 g/mol. The van der Waals surface area contributed by atoms with Gasteiger partial charge in [-0.25, -0.2) is 4.39 Å². The fourth-order valence-corrected chi connectivity index (χ4v) is 1.23. The SMILES string of the molecule is O=CCc1ccc(I)cc1F. The monoisotopic (exact) mass is 264 g/mol. The summed E-state index contributed by atoms with van der Waals surface area (Å²) in [7, 11) is 0. The van der Waals surface area contributed by atoms with E-state index >= 15 is 0 Å². The molecule has 58 valence electrons. The van der Waals surface area contributed by atoms with Gasteiger partial charge in [-0.3, -0.25) is 0 Å². The Labute approximate surface area is 77.8 Å². The summed E-state index contributed by atoms with van der Waals surface area (Å²) in [6.07, 6.45) is 0.855. The molecule has 0 radical (unpaired) electrons. The molecule has 3 heteroatoms. The maximum atomic E-state index is 12.9. The Hall–Kier alpha value is -0.450. The lowest BCUT2D eigenvalue weighted by Crippen LogP contribution is -1.91. The van der Waals surface area contributed by atoms with Gasteiger partial charge < -0.3 is 4.79 Å². The Morgan fingerprint density at radius 1 is 1.55 bits per heavy atom. The van der Waals surface area contributed by atoms with Gasteiger partial charge in [-0.2, -0.15) is 0 Å². The Kier molecular flexibility index (Phi) is 2.99. The Morgan fingerprint density at radius 3 is 2.82 bits per heavy atom. The number of aldehydes is 1. The van der Waals surface area contributed by atoms with Crippen molar-refractivity contribution in [1.29, 1.82) is 0 Å². The summed E-state index contributed by atoms with van der Waals surface area (Å²) in [5, 5.41) is 0. The van der Waals surface area contributed by atoms with Gasteiger partial charge in [0.2, 0.25) is 0 Å². The zero-order valence-corrected chi connectivity index (χ0v) is 7.84. The van der Waals surface area contributed by atoms with Crippen LogP contribution in [0.4, 0.5) is 4.39 Å². The molecule has 0 N–H and O–H groups in total. The van der Waals surface area contributed by atoms with Crippen LogP contribution in [-0.2, 0) is 11.2 Å². The van der Waals surface area contributed by atoms with E-state index in [1.165, 1.54) is 6.07 Å². The van der Waals surface area contributed by atoms with Crippen molar-refractivity contribution in [3.05, 3.63) is 33.1 Å². The highest BCUT2D eigenvalue weighted by Gasteiger charge is 2.00. The minimum Gasteiger partial charge on any atom is -0.303 e. The average Bonchev–Trinajstić information content (AvgIpc) is 1.95. The maximum absolute atomic E-state index is 12.9. The van der Waals surface area contributed by atoms with Gasteiger partial charge in [-0.1, -0.05) is 6.07 Å². The lowest BCUT2D eigenvalue weighted by atomic mass is 10.1. The topological polar surface area (TPSA) is 17.1 Å². The minimum atomic E-state index is -0.302. The van der Waals surface area contributed by atoms with Crippen LogP contribution in [0.1, 0.15) is 5.56 Å². The van der Waals surface area contributed by atoms with Crippen LogP contribution in [0.15, 0.2) is 18.2 Å². The first kappa shape index (κ1) is 8.64. The van der Waals surface area contributed by atoms with Gasteiger partial charge in [0.05, 0.1) is 0 Å². The molecule has 0 saturated heterocycles. The summed E-state index contributed by atoms with van der Waals surface area (Å²) in [6.45, 7) is 0. The highest BCUT2D eigenvalue weighted by molar-refractivity contribution is 14.1. The zero-order valence-electron chi connectivity index (χ0n) is 5.68. The molecule has 0 spiro atoms. The number of carbonyl (C=O) groups is 1. The van der Waals surface area contributed by atoms with Gasteiger partial charge in [-0.15, -0.1) is 0 Å². The summed E-state index contributed by atoms with van der Waals surface area (Å²) >= 11 is 2.02. The first-order valence-corrected chi connectivity index (χ1v) is 4.19. The van der Waals surface area contributed by atoms with Gasteiger partial charge in [0.25, 0.3) is 0 Å². The molecule has 1 aromatic rings. The van der Waals surface area contributed by atoms with Crippen LogP contribution in [0.2, 0.25) is 0 Å². The van der Waals surface area contributed by atoms with Crippen LogP contribution >= 0.6 is 22.6 Å². The Morgan fingerprint density at radius 2 is 2.27 bits per heavy atom. The predicted molar refractivity (Wildman–Crippen MR) is 48.9 cm³/mol. The third-order valence-corrected chi connectivity index (χ3v) is 1.99. The van der Waals surface area contributed by atoms with Gasteiger partial charge in [0.1, 0.15) is 12.1 Å². The Bertz CT molecular complexity index is 273. The number of halogens is 2. The minimum absolute atomic E-state index is 0.156. The van der Waals surface area contributed by atoms with Crippen molar-refractivity contribution < 1.29 is 9.18 Å². The number of hydrogen-bond donors (Lipinski definition) is 0. The molecule has 0 aliphatic rings. The summed E-state index contributed by atoms with van der Waals surface area (Å²) in [6, 6.07) is 4.83. The maximum Gasteiger partial charge on any atom is 0.127 e. The summed E-state index contributed by atoms with van der Waals surface area (Å²) in [4.78, 5) is 10.0. The van der Waals surface area contributed by atoms with Crippen LogP contribution in [0.5, 0.6) is 0 Å². The third-order valence-electron chi connectivity index (χ3n) is 1.32. The largest absolute Gasteiger partial charge is 0.303 e. The summed E-state index contributed by atoms with van der Waals surface area (Å²) in [5.41, 5.74) is 0.459. The molecule has 0 heterocycles. The van der Waals surface area contributed by atoms with E-state index < -0.39 is 0 Å². The van der Waals surface area contributed by atoms with E-state index in [2.05, 4.69) is 0 Å². The fourth-order valence-electron chi connectivity index (χ4n) is 0.777. The van der Waals surface area contributed by atoms with Crippen LogP contribution < -0.4 is 0 Å². The van der Waals surface area contributed by atoms with Crippen molar-refractivity contribution in [3.63, 3.8) is 0 Å². The lowest BCUT2D eigenvalue weighted by molar-refractivity contribution is -0.107. The second-order valence-corrected chi connectivity index (χ2v) is 3.35. The van der Waals surface area contributed by atoms with Crippen LogP contribution in [0, 0.1) is 9.39 Å². The van der Waals surface area contributed by atoms with Crippen LogP contribution in [0.25, 0.3) is 0 Å². The van der Waals surface area contributed by atoms with E-state index in [9.17, 15) is 9.18 Å². The molecule has 1 aromatic carbocycles. The van der Waals surface area contributed by atoms with Crippen molar-refractivity contribution in [3.8, 4) is 0 Å². The summed E-state index contributed by atoms with van der Waals surface area (Å²) < 4.78 is 13.7. The van der Waals surface area contributed by atoms with E-state index in [1.54, 1.807) is 12.1 Å². The fraction of sp³-hybridized carbons (Fsp3) is 0.125. The van der Waals surface area contributed by atoms with E-state index in [0.717, 1.165) is 3.57 Å². The first-order valence-electron chi connectivity index (χ1n) is 3.11. The van der Waals surface area contributed by atoms with E-state index in [-0.39, 0.29) is 12.2 Å². The van der Waals surface area contributed by atoms with Crippen molar-refractivity contribution in [2.24, 2.45) is 0 Å². The molecule has 0 amide bonds. The van der Waals surface area contributed by atoms with Crippen molar-refractivity contribution in [2.75, 3.05) is 0 Å². The second-order valence-electron chi connectivity index (χ2n) is 2.11. The van der Waals surface area contributed by atoms with Gasteiger partial charge in [0, 0.05) is 9.99 Å². The zero-order chi connectivity index (χ0) is 8.27. The molecule has 0 aliphatic heterocycles. The van der Waals surface area contributed by atoms with Crippen molar-refractivity contribution in [2.45, 2.75) is 6.42 Å². The smallest absolute Gasteiger partial charge is 0.127 e. The highest BCUT2D eigenvalue weighted by Crippen LogP contribution is 2.11. The van der Waals surface area contributed by atoms with Crippen molar-refractivity contribution >= 4 is 28.9 Å². The number of carbonyl (C=O) groups excluding carboxylic acids is 1. The van der Waals surface area contributed by atoms with E-state index in [4.69, 9.17) is 0 Å². The normalized spacial score (nSPS) is 9.64. The van der Waals surface area contributed by atoms with Crippen molar-refractivity contribution in [1.82, 2.24) is 0 Å². The second kappa shape index (κ2) is 3.80. The molecule has 1 nitrogen and oxygen atoms in total. The molecule has 0 unspecified atom stereocenters. The third kappa shape index (κ3) is 2.25. The number of hydrogen-bond acceptors (Lipinski definition) is 1.